The van der Waals surface area contributed by atoms with Gasteiger partial charge in [-0.25, -0.2) is 0 Å². The summed E-state index contributed by atoms with van der Waals surface area (Å²) in [6, 6.07) is 0. The Kier molecular flexibility index (Phi) is 1.47. The highest BCUT2D eigenvalue weighted by Crippen LogP contribution is 2.71. The van der Waals surface area contributed by atoms with Crippen molar-refractivity contribution in [2.45, 2.75) is 46.5 Å². The van der Waals surface area contributed by atoms with E-state index in [1.54, 1.807) is 0 Å². The summed E-state index contributed by atoms with van der Waals surface area (Å²) in [5.74, 6) is 1.25. The molecule has 1 atom stereocenters. The molecule has 2 rings (SSSR count). The van der Waals surface area contributed by atoms with Crippen LogP contribution in [-0.4, -0.2) is 5.78 Å². The van der Waals surface area contributed by atoms with Crippen LogP contribution in [0.3, 0.4) is 0 Å². The van der Waals surface area contributed by atoms with Crippen molar-refractivity contribution in [1.82, 2.24) is 0 Å². The Labute approximate surface area is 74.5 Å². The molecule has 12 heavy (non-hydrogen) atoms. The minimum atomic E-state index is 0.0799. The van der Waals surface area contributed by atoms with Crippen LogP contribution >= 0.6 is 0 Å². The van der Waals surface area contributed by atoms with Crippen LogP contribution in [0.1, 0.15) is 46.5 Å². The smallest absolute Gasteiger partial charge is 0.145 e. The van der Waals surface area contributed by atoms with Crippen LogP contribution in [0.2, 0.25) is 0 Å². The lowest BCUT2D eigenvalue weighted by molar-refractivity contribution is -0.161. The van der Waals surface area contributed by atoms with Gasteiger partial charge in [-0.2, -0.15) is 0 Å². The maximum Gasteiger partial charge on any atom is 0.145 e. The summed E-state index contributed by atoms with van der Waals surface area (Å²) in [6.45, 7) is 6.60. The Hall–Kier alpha value is -0.330. The molecular weight excluding hydrogens is 148 g/mol. The molecular formula is C11H18O. The van der Waals surface area contributed by atoms with E-state index in [1.165, 1.54) is 12.8 Å². The first-order chi connectivity index (χ1) is 5.64. The molecule has 0 bridgehead atoms. The summed E-state index contributed by atoms with van der Waals surface area (Å²) in [5.41, 5.74) is 0.266. The van der Waals surface area contributed by atoms with Gasteiger partial charge >= 0.3 is 0 Å². The van der Waals surface area contributed by atoms with Gasteiger partial charge in [0.1, 0.15) is 5.78 Å². The number of carbonyl (C=O) groups is 1. The van der Waals surface area contributed by atoms with Gasteiger partial charge in [0.15, 0.2) is 0 Å². The summed E-state index contributed by atoms with van der Waals surface area (Å²) in [4.78, 5) is 11.9. The SMILES string of the molecule is CCC1(CC)C(=O)C2(CC2)C1C. The second-order valence-corrected chi connectivity index (χ2v) is 4.57. The third kappa shape index (κ3) is 0.605. The van der Waals surface area contributed by atoms with Crippen molar-refractivity contribution in [2.24, 2.45) is 16.7 Å². The zero-order valence-electron chi connectivity index (χ0n) is 8.31. The monoisotopic (exact) mass is 166 g/mol. The second-order valence-electron chi connectivity index (χ2n) is 4.57. The van der Waals surface area contributed by atoms with E-state index in [4.69, 9.17) is 0 Å². The second kappa shape index (κ2) is 2.12. The molecule has 0 aromatic rings. The molecule has 1 spiro atoms. The lowest BCUT2D eigenvalue weighted by atomic mass is 9.49. The highest BCUT2D eigenvalue weighted by Gasteiger charge is 2.72. The molecule has 2 saturated carbocycles. The lowest BCUT2D eigenvalue weighted by Gasteiger charge is -2.52. The fourth-order valence-electron chi connectivity index (χ4n) is 3.32. The van der Waals surface area contributed by atoms with Gasteiger partial charge in [-0.1, -0.05) is 20.8 Å². The molecule has 2 aliphatic carbocycles. The topological polar surface area (TPSA) is 17.1 Å². The van der Waals surface area contributed by atoms with Crippen molar-refractivity contribution in [3.63, 3.8) is 0 Å². The van der Waals surface area contributed by atoms with Crippen LogP contribution < -0.4 is 0 Å². The zero-order valence-corrected chi connectivity index (χ0v) is 8.31. The number of hydrogen-bond acceptors (Lipinski definition) is 1. The Morgan fingerprint density at radius 3 is 2.08 bits per heavy atom. The van der Waals surface area contributed by atoms with Crippen molar-refractivity contribution in [3.8, 4) is 0 Å². The lowest BCUT2D eigenvalue weighted by Crippen LogP contribution is -2.57. The van der Waals surface area contributed by atoms with E-state index in [-0.39, 0.29) is 10.8 Å². The van der Waals surface area contributed by atoms with Gasteiger partial charge in [-0.05, 0) is 31.6 Å². The molecule has 0 radical (unpaired) electrons. The van der Waals surface area contributed by atoms with Crippen molar-refractivity contribution in [3.05, 3.63) is 0 Å². The fraction of sp³-hybridized carbons (Fsp3) is 0.909. The molecule has 2 fully saturated rings. The van der Waals surface area contributed by atoms with Gasteiger partial charge < -0.3 is 0 Å². The molecule has 0 saturated heterocycles. The number of hydrogen-bond donors (Lipinski definition) is 0. The highest BCUT2D eigenvalue weighted by atomic mass is 16.1. The van der Waals surface area contributed by atoms with Gasteiger partial charge in [0.25, 0.3) is 0 Å². The Bertz CT molecular complexity index is 221. The van der Waals surface area contributed by atoms with Crippen LogP contribution in [0, 0.1) is 16.7 Å². The molecule has 0 amide bonds. The van der Waals surface area contributed by atoms with Gasteiger partial charge in [0.2, 0.25) is 0 Å². The third-order valence-electron chi connectivity index (χ3n) is 4.61. The molecule has 1 nitrogen and oxygen atoms in total. The highest BCUT2D eigenvalue weighted by molar-refractivity contribution is 5.99. The average molecular weight is 166 g/mol. The molecule has 0 N–H and O–H groups in total. The van der Waals surface area contributed by atoms with E-state index in [2.05, 4.69) is 20.8 Å². The predicted octanol–water partition coefficient (Wildman–Crippen LogP) is 2.79. The summed E-state index contributed by atoms with van der Waals surface area (Å²) < 4.78 is 0. The zero-order chi connectivity index (χ0) is 8.98. The quantitative estimate of drug-likeness (QED) is 0.616. The largest absolute Gasteiger partial charge is 0.298 e. The van der Waals surface area contributed by atoms with E-state index in [0.29, 0.717) is 11.7 Å². The van der Waals surface area contributed by atoms with E-state index < -0.39 is 0 Å². The van der Waals surface area contributed by atoms with E-state index >= 15 is 0 Å². The summed E-state index contributed by atoms with van der Waals surface area (Å²) in [7, 11) is 0. The number of carbonyl (C=O) groups excluding carboxylic acids is 1. The van der Waals surface area contributed by atoms with Crippen LogP contribution in [0.4, 0.5) is 0 Å². The predicted molar refractivity (Wildman–Crippen MR) is 48.9 cm³/mol. The minimum absolute atomic E-state index is 0.0799. The van der Waals surface area contributed by atoms with Crippen LogP contribution in [0.15, 0.2) is 0 Å². The summed E-state index contributed by atoms with van der Waals surface area (Å²) in [5, 5.41) is 0. The Morgan fingerprint density at radius 2 is 1.83 bits per heavy atom. The fourth-order valence-corrected chi connectivity index (χ4v) is 3.32. The number of ketones is 1. The maximum atomic E-state index is 11.9. The molecule has 0 aromatic heterocycles. The van der Waals surface area contributed by atoms with Crippen LogP contribution in [-0.2, 0) is 4.79 Å². The van der Waals surface area contributed by atoms with Crippen LogP contribution in [0.25, 0.3) is 0 Å². The Balaban J connectivity index is 2.25. The first kappa shape index (κ1) is 8.28. The first-order valence-corrected chi connectivity index (χ1v) is 5.19. The van der Waals surface area contributed by atoms with E-state index in [9.17, 15) is 4.79 Å². The van der Waals surface area contributed by atoms with Gasteiger partial charge in [0, 0.05) is 10.8 Å². The molecule has 0 aromatic carbocycles. The normalized spacial score (nSPS) is 34.9. The summed E-state index contributed by atoms with van der Waals surface area (Å²) >= 11 is 0. The van der Waals surface area contributed by atoms with Gasteiger partial charge in [-0.15, -0.1) is 0 Å². The standard InChI is InChI=1S/C11H18O/c1-4-10(5-2)8(3)11(6-7-11)9(10)12/h8H,4-7H2,1-3H3. The van der Waals surface area contributed by atoms with Gasteiger partial charge in [-0.3, -0.25) is 4.79 Å². The minimum Gasteiger partial charge on any atom is -0.298 e. The number of rotatable bonds is 2. The first-order valence-electron chi connectivity index (χ1n) is 5.19. The Morgan fingerprint density at radius 1 is 1.33 bits per heavy atom. The maximum absolute atomic E-state index is 11.9. The van der Waals surface area contributed by atoms with Crippen molar-refractivity contribution >= 4 is 5.78 Å². The van der Waals surface area contributed by atoms with Crippen LogP contribution in [0.5, 0.6) is 0 Å². The molecule has 1 unspecified atom stereocenters. The molecule has 68 valence electrons. The molecule has 0 heterocycles. The molecule has 2 aliphatic rings. The van der Waals surface area contributed by atoms with Crippen molar-refractivity contribution in [2.75, 3.05) is 0 Å². The molecule has 0 aliphatic heterocycles. The number of Topliss-reactive ketones (excluding diaryl/α,β-unsaturated/α-hetero) is 1. The summed E-state index contributed by atoms with van der Waals surface area (Å²) in [6.07, 6.45) is 4.44. The van der Waals surface area contributed by atoms with E-state index in [0.717, 1.165) is 12.8 Å². The average Bonchev–Trinajstić information content (AvgIpc) is 2.88. The van der Waals surface area contributed by atoms with E-state index in [1.807, 2.05) is 0 Å². The molecule has 1 heteroatoms. The third-order valence-corrected chi connectivity index (χ3v) is 4.61. The van der Waals surface area contributed by atoms with Crippen molar-refractivity contribution in [1.29, 1.82) is 0 Å². The van der Waals surface area contributed by atoms with Gasteiger partial charge in [0.05, 0.1) is 0 Å². The van der Waals surface area contributed by atoms with Crippen molar-refractivity contribution < 1.29 is 4.79 Å².